The Kier molecular flexibility index (Phi) is 4.46. The first kappa shape index (κ1) is 15.7. The molecular formula is C18H11Br2N3. The van der Waals surface area contributed by atoms with Crippen molar-refractivity contribution in [2.45, 2.75) is 0 Å². The fourth-order valence-electron chi connectivity index (χ4n) is 2.37. The molecule has 5 heteroatoms. The predicted octanol–water partition coefficient (Wildman–Crippen LogP) is 5.39. The zero-order chi connectivity index (χ0) is 16.4. The maximum absolute atomic E-state index is 9.45. The van der Waals surface area contributed by atoms with Gasteiger partial charge in [0.15, 0.2) is 0 Å². The molecule has 0 saturated heterocycles. The molecule has 2 aromatic carbocycles. The van der Waals surface area contributed by atoms with Gasteiger partial charge in [-0.3, -0.25) is 0 Å². The van der Waals surface area contributed by atoms with E-state index >= 15 is 0 Å². The van der Waals surface area contributed by atoms with Gasteiger partial charge in [-0.15, -0.1) is 0 Å². The van der Waals surface area contributed by atoms with Crippen LogP contribution < -0.4 is 5.73 Å². The second kappa shape index (κ2) is 6.53. The van der Waals surface area contributed by atoms with Gasteiger partial charge in [-0.25, -0.2) is 4.98 Å². The van der Waals surface area contributed by atoms with Crippen molar-refractivity contribution >= 4 is 37.7 Å². The zero-order valence-electron chi connectivity index (χ0n) is 11.9. The average Bonchev–Trinajstić information content (AvgIpc) is 2.54. The SMILES string of the molecule is N#Cc1c(-c2cccc(Br)c2)cc(-c2ccccc2Br)nc1N. The van der Waals surface area contributed by atoms with Crippen molar-refractivity contribution in [3.63, 3.8) is 0 Å². The van der Waals surface area contributed by atoms with Gasteiger partial charge in [-0.2, -0.15) is 5.26 Å². The molecule has 0 bridgehead atoms. The van der Waals surface area contributed by atoms with Crippen molar-refractivity contribution in [3.05, 3.63) is 69.1 Å². The highest BCUT2D eigenvalue weighted by atomic mass is 79.9. The molecule has 3 rings (SSSR count). The highest BCUT2D eigenvalue weighted by Crippen LogP contribution is 2.34. The molecule has 23 heavy (non-hydrogen) atoms. The van der Waals surface area contributed by atoms with Crippen molar-refractivity contribution in [2.75, 3.05) is 5.73 Å². The first-order valence-corrected chi connectivity index (χ1v) is 8.40. The van der Waals surface area contributed by atoms with Crippen LogP contribution in [0.15, 0.2) is 63.5 Å². The highest BCUT2D eigenvalue weighted by Gasteiger charge is 2.14. The van der Waals surface area contributed by atoms with Crippen LogP contribution in [0.25, 0.3) is 22.4 Å². The minimum absolute atomic E-state index is 0.232. The van der Waals surface area contributed by atoms with Gasteiger partial charge in [-0.05, 0) is 29.8 Å². The van der Waals surface area contributed by atoms with E-state index in [-0.39, 0.29) is 5.82 Å². The Morgan fingerprint density at radius 3 is 2.43 bits per heavy atom. The van der Waals surface area contributed by atoms with Gasteiger partial charge < -0.3 is 5.73 Å². The largest absolute Gasteiger partial charge is 0.383 e. The van der Waals surface area contributed by atoms with Crippen molar-refractivity contribution < 1.29 is 0 Å². The van der Waals surface area contributed by atoms with Crippen molar-refractivity contribution in [2.24, 2.45) is 0 Å². The van der Waals surface area contributed by atoms with Crippen LogP contribution in [0.5, 0.6) is 0 Å². The molecule has 1 aromatic heterocycles. The predicted molar refractivity (Wildman–Crippen MR) is 99.6 cm³/mol. The molecule has 2 N–H and O–H groups in total. The quantitative estimate of drug-likeness (QED) is 0.594. The summed E-state index contributed by atoms with van der Waals surface area (Å²) in [5.41, 5.74) is 9.76. The normalized spacial score (nSPS) is 10.3. The highest BCUT2D eigenvalue weighted by molar-refractivity contribution is 9.10. The van der Waals surface area contributed by atoms with E-state index < -0.39 is 0 Å². The second-order valence-electron chi connectivity index (χ2n) is 4.92. The van der Waals surface area contributed by atoms with Gasteiger partial charge in [0, 0.05) is 20.1 Å². The molecule has 0 spiro atoms. The van der Waals surface area contributed by atoms with Crippen molar-refractivity contribution in [1.82, 2.24) is 4.98 Å². The molecule has 0 amide bonds. The van der Waals surface area contributed by atoms with Gasteiger partial charge in [-0.1, -0.05) is 62.2 Å². The molecule has 0 saturated carbocycles. The molecular weight excluding hydrogens is 418 g/mol. The number of nitriles is 1. The maximum atomic E-state index is 9.45. The van der Waals surface area contributed by atoms with Gasteiger partial charge >= 0.3 is 0 Å². The molecule has 3 nitrogen and oxygen atoms in total. The van der Waals surface area contributed by atoms with Crippen LogP contribution in [-0.2, 0) is 0 Å². The number of benzene rings is 2. The zero-order valence-corrected chi connectivity index (χ0v) is 15.1. The topological polar surface area (TPSA) is 62.7 Å². The Balaban J connectivity index is 2.27. The summed E-state index contributed by atoms with van der Waals surface area (Å²) in [5.74, 6) is 0.232. The molecule has 0 aliphatic heterocycles. The number of pyridine rings is 1. The summed E-state index contributed by atoms with van der Waals surface area (Å²) in [7, 11) is 0. The third kappa shape index (κ3) is 3.14. The second-order valence-corrected chi connectivity index (χ2v) is 6.69. The standard InChI is InChI=1S/C18H11Br2N3/c19-12-5-3-4-11(8-12)14-9-17(23-18(22)15(14)10-21)13-6-1-2-7-16(13)20/h1-9H,(H2,22,23). The van der Waals surface area contributed by atoms with E-state index in [4.69, 9.17) is 5.73 Å². The fraction of sp³-hybridized carbons (Fsp3) is 0. The number of nitrogens with two attached hydrogens (primary N) is 1. The third-order valence-electron chi connectivity index (χ3n) is 3.44. The van der Waals surface area contributed by atoms with E-state index in [1.807, 2.05) is 54.6 Å². The van der Waals surface area contributed by atoms with Crippen LogP contribution in [-0.4, -0.2) is 4.98 Å². The molecule has 0 radical (unpaired) electrons. The molecule has 0 atom stereocenters. The van der Waals surface area contributed by atoms with Crippen LogP contribution in [0.1, 0.15) is 5.56 Å². The molecule has 3 aromatic rings. The van der Waals surface area contributed by atoms with E-state index in [2.05, 4.69) is 42.9 Å². The first-order valence-electron chi connectivity index (χ1n) is 6.81. The monoisotopic (exact) mass is 427 g/mol. The average molecular weight is 429 g/mol. The first-order chi connectivity index (χ1) is 11.1. The summed E-state index contributed by atoms with van der Waals surface area (Å²) in [6.45, 7) is 0. The van der Waals surface area contributed by atoms with E-state index in [1.165, 1.54) is 0 Å². The lowest BCUT2D eigenvalue weighted by molar-refractivity contribution is 1.30. The lowest BCUT2D eigenvalue weighted by Crippen LogP contribution is -2.00. The number of hydrogen-bond donors (Lipinski definition) is 1. The van der Waals surface area contributed by atoms with Gasteiger partial charge in [0.25, 0.3) is 0 Å². The van der Waals surface area contributed by atoms with Gasteiger partial charge in [0.1, 0.15) is 17.5 Å². The van der Waals surface area contributed by atoms with Crippen molar-refractivity contribution in [1.29, 1.82) is 5.26 Å². The minimum Gasteiger partial charge on any atom is -0.383 e. The van der Waals surface area contributed by atoms with Crippen molar-refractivity contribution in [3.8, 4) is 28.5 Å². The lowest BCUT2D eigenvalue weighted by Gasteiger charge is -2.11. The van der Waals surface area contributed by atoms with E-state index in [0.29, 0.717) is 5.56 Å². The van der Waals surface area contributed by atoms with Crippen LogP contribution in [0, 0.1) is 11.3 Å². The van der Waals surface area contributed by atoms with Gasteiger partial charge in [0.05, 0.1) is 5.69 Å². The Labute approximate surface area is 151 Å². The molecule has 0 aliphatic rings. The number of hydrogen-bond acceptors (Lipinski definition) is 3. The Morgan fingerprint density at radius 2 is 1.74 bits per heavy atom. The van der Waals surface area contributed by atoms with Crippen LogP contribution in [0.3, 0.4) is 0 Å². The smallest absolute Gasteiger partial charge is 0.142 e. The number of nitrogen functional groups attached to an aromatic ring is 1. The molecule has 0 unspecified atom stereocenters. The third-order valence-corrected chi connectivity index (χ3v) is 4.63. The molecule has 0 aliphatic carbocycles. The minimum atomic E-state index is 0.232. The molecule has 1 heterocycles. The maximum Gasteiger partial charge on any atom is 0.142 e. The fourth-order valence-corrected chi connectivity index (χ4v) is 3.26. The molecule has 0 fully saturated rings. The number of halogens is 2. The summed E-state index contributed by atoms with van der Waals surface area (Å²) in [4.78, 5) is 4.40. The van der Waals surface area contributed by atoms with E-state index in [1.54, 1.807) is 0 Å². The number of anilines is 1. The summed E-state index contributed by atoms with van der Waals surface area (Å²) in [6.07, 6.45) is 0. The van der Waals surface area contributed by atoms with Crippen LogP contribution in [0.4, 0.5) is 5.82 Å². The lowest BCUT2D eigenvalue weighted by atomic mass is 9.98. The number of rotatable bonds is 2. The Morgan fingerprint density at radius 1 is 0.957 bits per heavy atom. The van der Waals surface area contributed by atoms with E-state index in [9.17, 15) is 5.26 Å². The van der Waals surface area contributed by atoms with Crippen LogP contribution >= 0.6 is 31.9 Å². The molecule has 112 valence electrons. The number of nitrogens with zero attached hydrogens (tertiary/aromatic N) is 2. The van der Waals surface area contributed by atoms with E-state index in [0.717, 1.165) is 31.3 Å². The summed E-state index contributed by atoms with van der Waals surface area (Å²) < 4.78 is 1.87. The Bertz CT molecular complexity index is 930. The van der Waals surface area contributed by atoms with Gasteiger partial charge in [0.2, 0.25) is 0 Å². The summed E-state index contributed by atoms with van der Waals surface area (Å²) in [5, 5.41) is 9.45. The Hall–Kier alpha value is -2.16. The summed E-state index contributed by atoms with van der Waals surface area (Å²) >= 11 is 6.99. The van der Waals surface area contributed by atoms with Crippen LogP contribution in [0.2, 0.25) is 0 Å². The summed E-state index contributed by atoms with van der Waals surface area (Å²) in [6, 6.07) is 19.6. The number of aromatic nitrogens is 1.